The van der Waals surface area contributed by atoms with Crippen LogP contribution in [-0.2, 0) is 9.59 Å². The number of carbonyl (C=O) groups excluding carboxylic acids is 2. The van der Waals surface area contributed by atoms with Gasteiger partial charge in [-0.25, -0.2) is 4.98 Å². The molecule has 9 nitrogen and oxygen atoms in total. The number of nitrogens with zero attached hydrogens (tertiary/aromatic N) is 2. The minimum atomic E-state index is -1.08. The highest BCUT2D eigenvalue weighted by molar-refractivity contribution is 9.10. The molecule has 4 aromatic rings. The highest BCUT2D eigenvalue weighted by Crippen LogP contribution is 2.47. The quantitative estimate of drug-likeness (QED) is 0.120. The van der Waals surface area contributed by atoms with Crippen molar-refractivity contribution >= 4 is 60.1 Å². The summed E-state index contributed by atoms with van der Waals surface area (Å²) in [6.45, 7) is 4.85. The molecule has 1 aromatic heterocycles. The van der Waals surface area contributed by atoms with Crippen molar-refractivity contribution in [1.82, 2.24) is 4.98 Å². The van der Waals surface area contributed by atoms with Crippen LogP contribution in [0.4, 0.5) is 5.13 Å². The molecule has 2 N–H and O–H groups in total. The van der Waals surface area contributed by atoms with Crippen LogP contribution < -0.4 is 19.1 Å². The number of benzene rings is 3. The Morgan fingerprint density at radius 1 is 1.07 bits per heavy atom. The van der Waals surface area contributed by atoms with E-state index in [0.29, 0.717) is 41.4 Å². The zero-order chi connectivity index (χ0) is 29.3. The molecule has 0 spiro atoms. The molecule has 1 aliphatic rings. The van der Waals surface area contributed by atoms with Gasteiger partial charge in [0.1, 0.15) is 17.3 Å². The number of anilines is 1. The van der Waals surface area contributed by atoms with Crippen LogP contribution >= 0.6 is 27.3 Å². The first-order chi connectivity index (χ1) is 19.8. The van der Waals surface area contributed by atoms with Crippen LogP contribution in [0.25, 0.3) is 16.0 Å². The van der Waals surface area contributed by atoms with Gasteiger partial charge < -0.3 is 24.4 Å². The number of aromatic hydroxyl groups is 1. The van der Waals surface area contributed by atoms with E-state index in [9.17, 15) is 19.8 Å². The van der Waals surface area contributed by atoms with Crippen LogP contribution in [-0.4, -0.2) is 47.2 Å². The first-order valence-electron chi connectivity index (χ1n) is 12.9. The number of rotatable bonds is 9. The number of aromatic nitrogens is 1. The second kappa shape index (κ2) is 11.8. The highest BCUT2D eigenvalue weighted by atomic mass is 79.9. The smallest absolute Gasteiger partial charge is 0.301 e. The van der Waals surface area contributed by atoms with Gasteiger partial charge in [0.05, 0.1) is 46.6 Å². The number of hydrogen-bond acceptors (Lipinski definition) is 9. The van der Waals surface area contributed by atoms with E-state index < -0.39 is 17.7 Å². The second-order valence-corrected chi connectivity index (χ2v) is 11.0. The number of ketones is 1. The summed E-state index contributed by atoms with van der Waals surface area (Å²) in [6.07, 6.45) is 0.799. The van der Waals surface area contributed by atoms with Crippen LogP contribution in [0.15, 0.2) is 64.6 Å². The first-order valence-corrected chi connectivity index (χ1v) is 14.5. The molecule has 1 unspecified atom stereocenters. The monoisotopic (exact) mass is 638 g/mol. The summed E-state index contributed by atoms with van der Waals surface area (Å²) in [5, 5.41) is 22.3. The van der Waals surface area contributed by atoms with E-state index >= 15 is 0 Å². The van der Waals surface area contributed by atoms with Gasteiger partial charge >= 0.3 is 5.91 Å². The number of fused-ring (bicyclic) bond motifs is 1. The van der Waals surface area contributed by atoms with Crippen LogP contribution in [0.5, 0.6) is 23.0 Å². The lowest BCUT2D eigenvalue weighted by Crippen LogP contribution is -2.29. The molecule has 1 aliphatic heterocycles. The maximum atomic E-state index is 13.7. The Bertz CT molecular complexity index is 1680. The molecular formula is C30H27BrN2O7S. The average molecular weight is 640 g/mol. The largest absolute Gasteiger partial charge is 0.507 e. The van der Waals surface area contributed by atoms with Crippen LogP contribution in [0.3, 0.4) is 0 Å². The number of thiazole rings is 1. The highest BCUT2D eigenvalue weighted by Gasteiger charge is 2.48. The molecule has 0 aliphatic carbocycles. The van der Waals surface area contributed by atoms with E-state index in [1.807, 2.05) is 19.9 Å². The van der Waals surface area contributed by atoms with Gasteiger partial charge in [-0.05, 0) is 77.3 Å². The molecule has 1 amide bonds. The molecule has 212 valence electrons. The van der Waals surface area contributed by atoms with E-state index in [-0.39, 0.29) is 32.4 Å². The topological polar surface area (TPSA) is 118 Å². The number of aliphatic hydroxyl groups excluding tert-OH is 1. The Labute approximate surface area is 248 Å². The van der Waals surface area contributed by atoms with Crippen molar-refractivity contribution in [3.05, 3.63) is 75.8 Å². The summed E-state index contributed by atoms with van der Waals surface area (Å²) >= 11 is 4.56. The maximum absolute atomic E-state index is 13.7. The molecule has 1 fully saturated rings. The third kappa shape index (κ3) is 5.34. The van der Waals surface area contributed by atoms with E-state index in [4.69, 9.17) is 14.2 Å². The Kier molecular flexibility index (Phi) is 8.18. The van der Waals surface area contributed by atoms with Crippen molar-refractivity contribution in [2.24, 2.45) is 0 Å². The number of phenolic OH excluding ortho intramolecular Hbond substituents is 1. The summed E-state index contributed by atoms with van der Waals surface area (Å²) in [5.41, 5.74) is 1.23. The molecule has 11 heteroatoms. The Hall–Kier alpha value is -4.09. The van der Waals surface area contributed by atoms with Gasteiger partial charge in [-0.15, -0.1) is 0 Å². The second-order valence-electron chi connectivity index (χ2n) is 9.16. The van der Waals surface area contributed by atoms with Crippen molar-refractivity contribution in [2.45, 2.75) is 26.3 Å². The average Bonchev–Trinajstić information content (AvgIpc) is 3.50. The number of halogens is 1. The fraction of sp³-hybridized carbons (Fsp3) is 0.233. The van der Waals surface area contributed by atoms with Gasteiger partial charge in [0.25, 0.3) is 5.78 Å². The van der Waals surface area contributed by atoms with Crippen LogP contribution in [0.1, 0.15) is 37.4 Å². The van der Waals surface area contributed by atoms with E-state index in [1.54, 1.807) is 42.5 Å². The summed E-state index contributed by atoms with van der Waals surface area (Å²) in [7, 11) is 1.40. The van der Waals surface area contributed by atoms with Crippen molar-refractivity contribution < 1.29 is 34.0 Å². The fourth-order valence-corrected chi connectivity index (χ4v) is 6.09. The van der Waals surface area contributed by atoms with Crippen LogP contribution in [0, 0.1) is 0 Å². The molecular weight excluding hydrogens is 612 g/mol. The number of phenols is 1. The van der Waals surface area contributed by atoms with Crippen molar-refractivity contribution in [3.63, 3.8) is 0 Å². The van der Waals surface area contributed by atoms with E-state index in [2.05, 4.69) is 20.9 Å². The lowest BCUT2D eigenvalue weighted by molar-refractivity contribution is -0.132. The Morgan fingerprint density at radius 2 is 1.85 bits per heavy atom. The van der Waals surface area contributed by atoms with Crippen LogP contribution in [0.2, 0.25) is 0 Å². The van der Waals surface area contributed by atoms with Gasteiger partial charge in [0.15, 0.2) is 16.6 Å². The van der Waals surface area contributed by atoms with Gasteiger partial charge in [0.2, 0.25) is 0 Å². The van der Waals surface area contributed by atoms with Crippen molar-refractivity contribution in [1.29, 1.82) is 0 Å². The molecule has 0 radical (unpaired) electrons. The number of hydrogen-bond donors (Lipinski definition) is 2. The Morgan fingerprint density at radius 3 is 2.59 bits per heavy atom. The number of methoxy groups -OCH3 is 1. The zero-order valence-corrected chi connectivity index (χ0v) is 24.9. The van der Waals surface area contributed by atoms with Gasteiger partial charge in [-0.1, -0.05) is 30.4 Å². The number of ether oxygens (including phenoxy) is 3. The minimum absolute atomic E-state index is 0.126. The lowest BCUT2D eigenvalue weighted by atomic mass is 9.95. The van der Waals surface area contributed by atoms with Crippen molar-refractivity contribution in [3.8, 4) is 23.0 Å². The standard InChI is InChI=1S/C30H27BrN2O7S/c1-4-11-40-18-8-6-7-16(12-18)26(34)24-25(17-13-20(31)27(35)22(14-17)38-3)33(29(37)28(24)36)30-32-21-10-9-19(39-5-2)15-23(21)41-30/h6-10,12-15,25,34-35H,4-5,11H2,1-3H3/b26-24+. The first kappa shape index (κ1) is 28.4. The third-order valence-corrected chi connectivity index (χ3v) is 8.10. The zero-order valence-electron chi connectivity index (χ0n) is 22.5. The molecule has 0 saturated carbocycles. The fourth-order valence-electron chi connectivity index (χ4n) is 4.61. The molecule has 0 bridgehead atoms. The van der Waals surface area contributed by atoms with E-state index in [0.717, 1.165) is 11.1 Å². The Balaban J connectivity index is 1.71. The lowest BCUT2D eigenvalue weighted by Gasteiger charge is -2.24. The normalized spacial score (nSPS) is 16.4. The maximum Gasteiger partial charge on any atom is 0.301 e. The van der Waals surface area contributed by atoms with Crippen molar-refractivity contribution in [2.75, 3.05) is 25.2 Å². The predicted octanol–water partition coefficient (Wildman–Crippen LogP) is 6.59. The summed E-state index contributed by atoms with van der Waals surface area (Å²) < 4.78 is 17.7. The third-order valence-electron chi connectivity index (χ3n) is 6.48. The molecule has 1 atom stereocenters. The number of aliphatic hydroxyl groups is 1. The SMILES string of the molecule is CCCOc1cccc(/C(O)=C2\C(=O)C(=O)N(c3nc4ccc(OCC)cc4s3)C2c2cc(Br)c(O)c(OC)c2)c1. The van der Waals surface area contributed by atoms with Gasteiger partial charge in [-0.3, -0.25) is 14.5 Å². The molecule has 1 saturated heterocycles. The summed E-state index contributed by atoms with van der Waals surface area (Å²) in [4.78, 5) is 33.2. The minimum Gasteiger partial charge on any atom is -0.507 e. The summed E-state index contributed by atoms with van der Waals surface area (Å²) in [6, 6.07) is 14.1. The predicted molar refractivity (Wildman–Crippen MR) is 160 cm³/mol. The molecule has 5 rings (SSSR count). The molecule has 41 heavy (non-hydrogen) atoms. The number of carbonyl (C=O) groups is 2. The van der Waals surface area contributed by atoms with Gasteiger partial charge in [-0.2, -0.15) is 0 Å². The molecule has 2 heterocycles. The van der Waals surface area contributed by atoms with Gasteiger partial charge in [0, 0.05) is 5.56 Å². The molecule has 3 aromatic carbocycles. The number of Topliss-reactive ketones (excluding diaryl/α,β-unsaturated/α-hetero) is 1. The summed E-state index contributed by atoms with van der Waals surface area (Å²) in [5.74, 6) is -0.913. The number of amides is 1. The van der Waals surface area contributed by atoms with E-state index in [1.165, 1.54) is 29.4 Å².